The van der Waals surface area contributed by atoms with Crippen LogP contribution in [0.1, 0.15) is 24.1 Å². The van der Waals surface area contributed by atoms with Crippen LogP contribution in [0.5, 0.6) is 0 Å². The van der Waals surface area contributed by atoms with Crippen molar-refractivity contribution in [3.05, 3.63) is 42.2 Å². The van der Waals surface area contributed by atoms with Gasteiger partial charge in [-0.2, -0.15) is 0 Å². The van der Waals surface area contributed by atoms with Gasteiger partial charge < -0.3 is 4.79 Å². The average molecular weight is 203 g/mol. The molecule has 15 heavy (non-hydrogen) atoms. The largest absolute Gasteiger partial charge is 0.303 e. The van der Waals surface area contributed by atoms with Gasteiger partial charge in [-0.3, -0.25) is 4.98 Å². The van der Waals surface area contributed by atoms with Gasteiger partial charge >= 0.3 is 0 Å². The molecule has 1 rings (SSSR count). The van der Waals surface area contributed by atoms with Gasteiger partial charge in [0.25, 0.3) is 0 Å². The number of aryl methyl sites for hydroxylation is 2. The second-order valence-corrected chi connectivity index (χ2v) is 3.73. The van der Waals surface area contributed by atoms with Crippen molar-refractivity contribution in [3.8, 4) is 0 Å². The zero-order valence-electron chi connectivity index (χ0n) is 9.15. The van der Waals surface area contributed by atoms with Gasteiger partial charge in [0.1, 0.15) is 6.29 Å². The highest BCUT2D eigenvalue weighted by atomic mass is 16.1. The van der Waals surface area contributed by atoms with Crippen molar-refractivity contribution in [1.82, 2.24) is 4.98 Å². The summed E-state index contributed by atoms with van der Waals surface area (Å²) in [7, 11) is 0. The van der Waals surface area contributed by atoms with Crippen molar-refractivity contribution in [1.29, 1.82) is 0 Å². The van der Waals surface area contributed by atoms with Crippen molar-refractivity contribution in [2.24, 2.45) is 5.92 Å². The van der Waals surface area contributed by atoms with Gasteiger partial charge in [-0.05, 0) is 43.9 Å². The molecule has 0 aromatic carbocycles. The Morgan fingerprint density at radius 2 is 2.40 bits per heavy atom. The van der Waals surface area contributed by atoms with E-state index in [0.717, 1.165) is 31.2 Å². The number of aromatic nitrogens is 1. The van der Waals surface area contributed by atoms with Gasteiger partial charge in [0.15, 0.2) is 0 Å². The van der Waals surface area contributed by atoms with E-state index in [9.17, 15) is 4.79 Å². The van der Waals surface area contributed by atoms with Crippen molar-refractivity contribution in [3.63, 3.8) is 0 Å². The molecule has 0 radical (unpaired) electrons. The first-order valence-corrected chi connectivity index (χ1v) is 5.25. The summed E-state index contributed by atoms with van der Waals surface area (Å²) in [5, 5.41) is 0. The van der Waals surface area contributed by atoms with Crippen LogP contribution in [0.25, 0.3) is 0 Å². The number of hydrogen-bond acceptors (Lipinski definition) is 2. The molecule has 0 aliphatic rings. The molecule has 1 atom stereocenters. The summed E-state index contributed by atoms with van der Waals surface area (Å²) in [6.45, 7) is 5.62. The molecule has 0 amide bonds. The third-order valence-electron chi connectivity index (χ3n) is 2.44. The molecule has 80 valence electrons. The molecule has 2 nitrogen and oxygen atoms in total. The van der Waals surface area contributed by atoms with Crippen LogP contribution < -0.4 is 0 Å². The lowest BCUT2D eigenvalue weighted by Crippen LogP contribution is -1.98. The van der Waals surface area contributed by atoms with E-state index in [1.165, 1.54) is 5.56 Å². The van der Waals surface area contributed by atoms with E-state index in [4.69, 9.17) is 0 Å². The predicted molar refractivity (Wildman–Crippen MR) is 61.7 cm³/mol. The van der Waals surface area contributed by atoms with Gasteiger partial charge in [0.2, 0.25) is 0 Å². The molecule has 0 spiro atoms. The van der Waals surface area contributed by atoms with E-state index in [0.29, 0.717) is 0 Å². The number of carbonyl (C=O) groups excluding carboxylic acids is 1. The lowest BCUT2D eigenvalue weighted by molar-refractivity contribution is -0.110. The first kappa shape index (κ1) is 11.6. The Bertz CT molecular complexity index is 325. The second kappa shape index (κ2) is 6.12. The third-order valence-corrected chi connectivity index (χ3v) is 2.44. The van der Waals surface area contributed by atoms with Crippen LogP contribution in [0.3, 0.4) is 0 Å². The number of aldehydes is 1. The van der Waals surface area contributed by atoms with Gasteiger partial charge in [-0.1, -0.05) is 6.08 Å². The number of rotatable bonds is 6. The number of nitrogens with zero attached hydrogens (tertiary/aromatic N) is 1. The minimum absolute atomic E-state index is 0.00735. The molecule has 0 N–H and O–H groups in total. The van der Waals surface area contributed by atoms with E-state index in [-0.39, 0.29) is 5.92 Å². The Kier molecular flexibility index (Phi) is 4.75. The minimum Gasteiger partial charge on any atom is -0.303 e. The first-order chi connectivity index (χ1) is 7.26. The Morgan fingerprint density at radius 3 is 3.00 bits per heavy atom. The highest BCUT2D eigenvalue weighted by molar-refractivity contribution is 5.56. The summed E-state index contributed by atoms with van der Waals surface area (Å²) < 4.78 is 0. The zero-order valence-corrected chi connectivity index (χ0v) is 9.15. The number of hydrogen-bond donors (Lipinski definition) is 0. The standard InChI is InChI=1S/C13H17NO/c1-3-12(10-15)5-4-6-13-7-8-14-11(2)9-13/h3,7-10,12H,1,4-6H2,2H3. The maximum Gasteiger partial charge on any atom is 0.126 e. The van der Waals surface area contributed by atoms with Crippen LogP contribution in [-0.4, -0.2) is 11.3 Å². The monoisotopic (exact) mass is 203 g/mol. The number of pyridine rings is 1. The van der Waals surface area contributed by atoms with Crippen molar-refractivity contribution < 1.29 is 4.79 Å². The summed E-state index contributed by atoms with van der Waals surface area (Å²) in [6.07, 6.45) is 7.40. The van der Waals surface area contributed by atoms with Crippen LogP contribution in [0.15, 0.2) is 31.0 Å². The minimum atomic E-state index is 0.00735. The Morgan fingerprint density at radius 1 is 1.60 bits per heavy atom. The molecule has 0 aliphatic carbocycles. The molecule has 1 aromatic rings. The summed E-state index contributed by atoms with van der Waals surface area (Å²) in [6, 6.07) is 4.11. The molecule has 0 fully saturated rings. The highest BCUT2D eigenvalue weighted by Gasteiger charge is 2.01. The second-order valence-electron chi connectivity index (χ2n) is 3.73. The molecule has 0 aliphatic heterocycles. The van der Waals surface area contributed by atoms with Gasteiger partial charge in [0.05, 0.1) is 0 Å². The van der Waals surface area contributed by atoms with Crippen molar-refractivity contribution >= 4 is 6.29 Å². The molecule has 0 saturated carbocycles. The highest BCUT2D eigenvalue weighted by Crippen LogP contribution is 2.10. The topological polar surface area (TPSA) is 30.0 Å². The first-order valence-electron chi connectivity index (χ1n) is 5.25. The Hall–Kier alpha value is -1.44. The van der Waals surface area contributed by atoms with Gasteiger partial charge in [-0.25, -0.2) is 0 Å². The van der Waals surface area contributed by atoms with E-state index in [2.05, 4.69) is 17.6 Å². The van der Waals surface area contributed by atoms with Crippen LogP contribution in [0, 0.1) is 12.8 Å². The van der Waals surface area contributed by atoms with Crippen molar-refractivity contribution in [2.75, 3.05) is 0 Å². The maximum atomic E-state index is 10.6. The molecule has 1 unspecified atom stereocenters. The van der Waals surface area contributed by atoms with E-state index < -0.39 is 0 Å². The Labute approximate surface area is 91.0 Å². The lowest BCUT2D eigenvalue weighted by atomic mass is 10.0. The fourth-order valence-electron chi connectivity index (χ4n) is 1.54. The van der Waals surface area contributed by atoms with Crippen LogP contribution in [0.2, 0.25) is 0 Å². The lowest BCUT2D eigenvalue weighted by Gasteiger charge is -2.04. The molecular formula is C13H17NO. The molecule has 1 heterocycles. The van der Waals surface area contributed by atoms with E-state index >= 15 is 0 Å². The number of allylic oxidation sites excluding steroid dienone is 1. The summed E-state index contributed by atoms with van der Waals surface area (Å²) in [5.41, 5.74) is 2.33. The van der Waals surface area contributed by atoms with E-state index in [1.54, 1.807) is 6.08 Å². The Balaban J connectivity index is 2.37. The van der Waals surface area contributed by atoms with E-state index in [1.807, 2.05) is 19.2 Å². The zero-order chi connectivity index (χ0) is 11.1. The summed E-state index contributed by atoms with van der Waals surface area (Å²) in [4.78, 5) is 14.7. The predicted octanol–water partition coefficient (Wildman–Crippen LogP) is 2.71. The molecule has 2 heteroatoms. The summed E-state index contributed by atoms with van der Waals surface area (Å²) in [5.74, 6) is 0.00735. The smallest absolute Gasteiger partial charge is 0.126 e. The average Bonchev–Trinajstić information content (AvgIpc) is 2.25. The molecule has 0 saturated heterocycles. The molecular weight excluding hydrogens is 186 g/mol. The van der Waals surface area contributed by atoms with Gasteiger partial charge in [-0.15, -0.1) is 6.58 Å². The fraction of sp³-hybridized carbons (Fsp3) is 0.385. The third kappa shape index (κ3) is 4.07. The van der Waals surface area contributed by atoms with Crippen LogP contribution in [-0.2, 0) is 11.2 Å². The summed E-state index contributed by atoms with van der Waals surface area (Å²) >= 11 is 0. The van der Waals surface area contributed by atoms with Crippen LogP contribution in [0.4, 0.5) is 0 Å². The fourth-order valence-corrected chi connectivity index (χ4v) is 1.54. The SMILES string of the molecule is C=CC(C=O)CCCc1ccnc(C)c1. The number of carbonyl (C=O) groups is 1. The maximum absolute atomic E-state index is 10.6. The quantitative estimate of drug-likeness (QED) is 0.525. The van der Waals surface area contributed by atoms with Crippen molar-refractivity contribution in [2.45, 2.75) is 26.2 Å². The molecule has 1 aromatic heterocycles. The van der Waals surface area contributed by atoms with Crippen LogP contribution >= 0.6 is 0 Å². The van der Waals surface area contributed by atoms with Gasteiger partial charge in [0, 0.05) is 17.8 Å². The normalized spacial score (nSPS) is 12.1. The molecule has 0 bridgehead atoms.